The van der Waals surface area contributed by atoms with E-state index in [0.29, 0.717) is 21.3 Å². The van der Waals surface area contributed by atoms with E-state index in [0.717, 1.165) is 8.95 Å². The van der Waals surface area contributed by atoms with Crippen LogP contribution in [0, 0.1) is 0 Å². The molecule has 0 bridgehead atoms. The standard InChI is InChI=1S/C13H7Br2Cl2NO/c14-9-3-1-7(5-11(9)16)13(19)18-8-2-4-10(15)12(17)6-8/h1-6H,(H,18,19). The summed E-state index contributed by atoms with van der Waals surface area (Å²) in [5.41, 5.74) is 1.10. The van der Waals surface area contributed by atoms with Crippen molar-refractivity contribution in [1.29, 1.82) is 0 Å². The zero-order valence-electron chi connectivity index (χ0n) is 9.38. The van der Waals surface area contributed by atoms with Crippen LogP contribution in [0.2, 0.25) is 10.0 Å². The van der Waals surface area contributed by atoms with E-state index in [2.05, 4.69) is 37.2 Å². The Morgan fingerprint density at radius 2 is 1.53 bits per heavy atom. The van der Waals surface area contributed by atoms with Gasteiger partial charge in [-0.15, -0.1) is 0 Å². The topological polar surface area (TPSA) is 29.1 Å². The lowest BCUT2D eigenvalue weighted by molar-refractivity contribution is 0.102. The lowest BCUT2D eigenvalue weighted by Gasteiger charge is -2.07. The van der Waals surface area contributed by atoms with Gasteiger partial charge in [0.05, 0.1) is 10.0 Å². The summed E-state index contributed by atoms with van der Waals surface area (Å²) in [7, 11) is 0. The molecule has 0 fully saturated rings. The third-order valence-electron chi connectivity index (χ3n) is 2.36. The lowest BCUT2D eigenvalue weighted by Crippen LogP contribution is -2.11. The van der Waals surface area contributed by atoms with Crippen LogP contribution in [0.15, 0.2) is 45.3 Å². The number of carbonyl (C=O) groups is 1. The Labute approximate surface area is 137 Å². The van der Waals surface area contributed by atoms with E-state index < -0.39 is 0 Å². The van der Waals surface area contributed by atoms with Crippen LogP contribution in [0.1, 0.15) is 10.4 Å². The van der Waals surface area contributed by atoms with Crippen LogP contribution in [0.3, 0.4) is 0 Å². The van der Waals surface area contributed by atoms with Gasteiger partial charge in [0.1, 0.15) is 0 Å². The van der Waals surface area contributed by atoms with Crippen molar-refractivity contribution < 1.29 is 4.79 Å². The molecule has 0 unspecified atom stereocenters. The van der Waals surface area contributed by atoms with E-state index >= 15 is 0 Å². The SMILES string of the molecule is O=C(Nc1ccc(Br)c(Cl)c1)c1ccc(Br)c(Cl)c1. The summed E-state index contributed by atoms with van der Waals surface area (Å²) >= 11 is 18.5. The van der Waals surface area contributed by atoms with Gasteiger partial charge in [-0.3, -0.25) is 4.79 Å². The maximum absolute atomic E-state index is 12.0. The number of rotatable bonds is 2. The Balaban J connectivity index is 2.20. The summed E-state index contributed by atoms with van der Waals surface area (Å²) < 4.78 is 1.52. The first-order chi connectivity index (χ1) is 8.97. The first kappa shape index (κ1) is 14.9. The van der Waals surface area contributed by atoms with Gasteiger partial charge in [0.2, 0.25) is 0 Å². The Kier molecular flexibility index (Phi) is 4.90. The van der Waals surface area contributed by atoms with E-state index in [1.54, 1.807) is 36.4 Å². The fourth-order valence-corrected chi connectivity index (χ4v) is 2.27. The Morgan fingerprint density at radius 3 is 2.11 bits per heavy atom. The molecule has 0 radical (unpaired) electrons. The minimum atomic E-state index is -0.243. The second-order valence-electron chi connectivity index (χ2n) is 3.71. The van der Waals surface area contributed by atoms with Gasteiger partial charge in [0.15, 0.2) is 0 Å². The molecule has 0 aliphatic heterocycles. The molecule has 0 aromatic heterocycles. The minimum Gasteiger partial charge on any atom is -0.322 e. The zero-order valence-corrected chi connectivity index (χ0v) is 14.1. The van der Waals surface area contributed by atoms with Crippen molar-refractivity contribution in [2.24, 2.45) is 0 Å². The molecule has 19 heavy (non-hydrogen) atoms. The fraction of sp³-hybridized carbons (Fsp3) is 0. The summed E-state index contributed by atoms with van der Waals surface area (Å²) in [6.45, 7) is 0. The van der Waals surface area contributed by atoms with Crippen molar-refractivity contribution in [3.05, 3.63) is 61.0 Å². The predicted molar refractivity (Wildman–Crippen MR) is 86.3 cm³/mol. The van der Waals surface area contributed by atoms with Gasteiger partial charge in [-0.05, 0) is 68.3 Å². The molecule has 2 aromatic carbocycles. The number of hydrogen-bond acceptors (Lipinski definition) is 1. The van der Waals surface area contributed by atoms with Gasteiger partial charge < -0.3 is 5.32 Å². The van der Waals surface area contributed by atoms with E-state index in [1.807, 2.05) is 0 Å². The number of nitrogens with one attached hydrogen (secondary N) is 1. The summed E-state index contributed by atoms with van der Waals surface area (Å²) in [6, 6.07) is 10.2. The fourth-order valence-electron chi connectivity index (χ4n) is 1.41. The van der Waals surface area contributed by atoms with Crippen LogP contribution in [0.4, 0.5) is 5.69 Å². The Bertz CT molecular complexity index is 647. The average Bonchev–Trinajstić information content (AvgIpc) is 2.37. The highest BCUT2D eigenvalue weighted by Gasteiger charge is 2.09. The number of anilines is 1. The summed E-state index contributed by atoms with van der Waals surface area (Å²) in [5, 5.41) is 3.78. The maximum Gasteiger partial charge on any atom is 0.255 e. The molecule has 1 N–H and O–H groups in total. The molecular weight excluding hydrogens is 417 g/mol. The molecule has 0 heterocycles. The van der Waals surface area contributed by atoms with Crippen molar-refractivity contribution >= 4 is 66.7 Å². The van der Waals surface area contributed by atoms with Crippen LogP contribution < -0.4 is 5.32 Å². The van der Waals surface area contributed by atoms with Gasteiger partial charge in [0, 0.05) is 20.2 Å². The monoisotopic (exact) mass is 421 g/mol. The lowest BCUT2D eigenvalue weighted by atomic mass is 10.2. The molecule has 2 rings (SSSR count). The van der Waals surface area contributed by atoms with Crippen molar-refractivity contribution in [2.75, 3.05) is 5.32 Å². The molecule has 0 saturated heterocycles. The number of amides is 1. The maximum atomic E-state index is 12.0. The highest BCUT2D eigenvalue weighted by molar-refractivity contribution is 9.10. The van der Waals surface area contributed by atoms with Crippen molar-refractivity contribution in [3.63, 3.8) is 0 Å². The molecule has 98 valence electrons. The van der Waals surface area contributed by atoms with E-state index in [-0.39, 0.29) is 5.91 Å². The molecule has 0 saturated carbocycles. The number of benzene rings is 2. The molecule has 0 atom stereocenters. The van der Waals surface area contributed by atoms with Gasteiger partial charge in [-0.1, -0.05) is 23.2 Å². The molecule has 2 aromatic rings. The van der Waals surface area contributed by atoms with Gasteiger partial charge in [0.25, 0.3) is 5.91 Å². The molecule has 1 amide bonds. The average molecular weight is 424 g/mol. The van der Waals surface area contributed by atoms with Crippen molar-refractivity contribution in [2.45, 2.75) is 0 Å². The molecule has 0 spiro atoms. The Hall–Kier alpha value is -0.550. The quantitative estimate of drug-likeness (QED) is 0.652. The first-order valence-electron chi connectivity index (χ1n) is 5.19. The van der Waals surface area contributed by atoms with Gasteiger partial charge in [-0.25, -0.2) is 0 Å². The minimum absolute atomic E-state index is 0.243. The largest absolute Gasteiger partial charge is 0.322 e. The van der Waals surface area contributed by atoms with Crippen LogP contribution in [-0.2, 0) is 0 Å². The number of hydrogen-bond donors (Lipinski definition) is 1. The van der Waals surface area contributed by atoms with Crippen LogP contribution in [0.5, 0.6) is 0 Å². The summed E-state index contributed by atoms with van der Waals surface area (Å²) in [6.07, 6.45) is 0. The molecule has 0 aliphatic carbocycles. The predicted octanol–water partition coefficient (Wildman–Crippen LogP) is 5.77. The van der Waals surface area contributed by atoms with Crippen LogP contribution in [-0.4, -0.2) is 5.91 Å². The summed E-state index contributed by atoms with van der Waals surface area (Å²) in [5.74, 6) is -0.243. The number of halogens is 4. The third kappa shape index (κ3) is 3.72. The molecule has 2 nitrogen and oxygen atoms in total. The normalized spacial score (nSPS) is 10.3. The third-order valence-corrected chi connectivity index (χ3v) is 4.82. The van der Waals surface area contributed by atoms with E-state index in [9.17, 15) is 4.79 Å². The zero-order chi connectivity index (χ0) is 14.0. The van der Waals surface area contributed by atoms with Gasteiger partial charge in [-0.2, -0.15) is 0 Å². The van der Waals surface area contributed by atoms with Gasteiger partial charge >= 0.3 is 0 Å². The molecular formula is C13H7Br2Cl2NO. The molecule has 6 heteroatoms. The number of carbonyl (C=O) groups excluding carboxylic acids is 1. The van der Waals surface area contributed by atoms with Crippen molar-refractivity contribution in [3.8, 4) is 0 Å². The first-order valence-corrected chi connectivity index (χ1v) is 7.53. The second kappa shape index (κ2) is 6.27. The second-order valence-corrected chi connectivity index (χ2v) is 6.23. The highest BCUT2D eigenvalue weighted by Crippen LogP contribution is 2.27. The summed E-state index contributed by atoms with van der Waals surface area (Å²) in [4.78, 5) is 12.0. The van der Waals surface area contributed by atoms with Crippen LogP contribution in [0.25, 0.3) is 0 Å². The Morgan fingerprint density at radius 1 is 0.947 bits per heavy atom. The van der Waals surface area contributed by atoms with Crippen molar-refractivity contribution in [1.82, 2.24) is 0 Å². The van der Waals surface area contributed by atoms with E-state index in [1.165, 1.54) is 0 Å². The van der Waals surface area contributed by atoms with Crippen LogP contribution >= 0.6 is 55.1 Å². The molecule has 0 aliphatic rings. The van der Waals surface area contributed by atoms with E-state index in [4.69, 9.17) is 23.2 Å². The highest BCUT2D eigenvalue weighted by atomic mass is 79.9. The smallest absolute Gasteiger partial charge is 0.255 e.